The summed E-state index contributed by atoms with van der Waals surface area (Å²) in [6, 6.07) is 3.54. The van der Waals surface area contributed by atoms with Gasteiger partial charge in [-0.3, -0.25) is 10.1 Å². The van der Waals surface area contributed by atoms with Crippen LogP contribution >= 0.6 is 0 Å². The second-order valence-corrected chi connectivity index (χ2v) is 4.46. The molecular formula is C12H16N2O4. The summed E-state index contributed by atoms with van der Waals surface area (Å²) in [5, 5.41) is 11.0. The molecule has 2 N–H and O–H groups in total. The van der Waals surface area contributed by atoms with Gasteiger partial charge in [-0.2, -0.15) is 0 Å². The fraction of sp³-hybridized carbons (Fsp3) is 0.500. The average molecular weight is 252 g/mol. The zero-order valence-corrected chi connectivity index (χ0v) is 10.4. The van der Waals surface area contributed by atoms with Crippen LogP contribution in [0.5, 0.6) is 11.5 Å². The van der Waals surface area contributed by atoms with Crippen molar-refractivity contribution in [2.45, 2.75) is 24.8 Å². The summed E-state index contributed by atoms with van der Waals surface area (Å²) in [6.45, 7) is 0. The first-order valence-corrected chi connectivity index (χ1v) is 5.72. The number of hydrogen-bond donors (Lipinski definition) is 1. The van der Waals surface area contributed by atoms with E-state index in [1.54, 1.807) is 12.1 Å². The van der Waals surface area contributed by atoms with Crippen molar-refractivity contribution in [1.29, 1.82) is 0 Å². The van der Waals surface area contributed by atoms with Crippen LogP contribution in [0.3, 0.4) is 0 Å². The van der Waals surface area contributed by atoms with Crippen LogP contribution in [0.25, 0.3) is 0 Å². The molecule has 98 valence electrons. The maximum Gasteiger partial charge on any atom is 0.315 e. The Morgan fingerprint density at radius 1 is 1.33 bits per heavy atom. The quantitative estimate of drug-likeness (QED) is 0.652. The first-order valence-electron chi connectivity index (χ1n) is 5.72. The van der Waals surface area contributed by atoms with Crippen LogP contribution < -0.4 is 15.2 Å². The maximum atomic E-state index is 11.0. The third kappa shape index (κ3) is 2.11. The maximum absolute atomic E-state index is 11.0. The Kier molecular flexibility index (Phi) is 3.38. The van der Waals surface area contributed by atoms with Gasteiger partial charge in [0.05, 0.1) is 19.1 Å². The molecule has 1 aromatic carbocycles. The van der Waals surface area contributed by atoms with Crippen LogP contribution in [0.15, 0.2) is 12.1 Å². The number of methoxy groups -OCH3 is 2. The van der Waals surface area contributed by atoms with Crippen LogP contribution in [-0.2, 0) is 0 Å². The largest absolute Gasteiger partial charge is 0.493 e. The van der Waals surface area contributed by atoms with Gasteiger partial charge in [0.25, 0.3) is 0 Å². The summed E-state index contributed by atoms with van der Waals surface area (Å²) >= 11 is 0. The van der Waals surface area contributed by atoms with E-state index in [2.05, 4.69) is 0 Å². The van der Waals surface area contributed by atoms with Crippen LogP contribution in [0.4, 0.5) is 5.69 Å². The van der Waals surface area contributed by atoms with E-state index in [9.17, 15) is 10.1 Å². The molecule has 0 radical (unpaired) electrons. The van der Waals surface area contributed by atoms with Crippen molar-refractivity contribution in [3.05, 3.63) is 27.8 Å². The lowest BCUT2D eigenvalue weighted by Gasteiger charge is -2.32. The summed E-state index contributed by atoms with van der Waals surface area (Å²) in [5.74, 6) is 0.829. The molecule has 6 heteroatoms. The Balaban J connectivity index is 2.43. The normalized spacial score (nSPS) is 22.2. The van der Waals surface area contributed by atoms with Gasteiger partial charge in [-0.25, -0.2) is 0 Å². The second-order valence-electron chi connectivity index (χ2n) is 4.46. The molecule has 1 aliphatic rings. The zero-order chi connectivity index (χ0) is 13.3. The van der Waals surface area contributed by atoms with Crippen LogP contribution in [0.2, 0.25) is 0 Å². The number of rotatable bonds is 4. The van der Waals surface area contributed by atoms with E-state index in [4.69, 9.17) is 15.2 Å². The summed E-state index contributed by atoms with van der Waals surface area (Å²) < 4.78 is 10.2. The van der Waals surface area contributed by atoms with Gasteiger partial charge in [0.1, 0.15) is 0 Å². The van der Waals surface area contributed by atoms with Crippen molar-refractivity contribution >= 4 is 5.69 Å². The van der Waals surface area contributed by atoms with Gasteiger partial charge < -0.3 is 15.2 Å². The van der Waals surface area contributed by atoms with Crippen molar-refractivity contribution in [2.75, 3.05) is 14.2 Å². The molecule has 18 heavy (non-hydrogen) atoms. The number of ether oxygens (including phenoxy) is 2. The van der Waals surface area contributed by atoms with Crippen LogP contribution in [-0.4, -0.2) is 25.2 Å². The topological polar surface area (TPSA) is 87.6 Å². The fourth-order valence-corrected chi connectivity index (χ4v) is 2.27. The van der Waals surface area contributed by atoms with E-state index in [-0.39, 0.29) is 23.4 Å². The molecule has 0 saturated heterocycles. The molecule has 2 rings (SSSR count). The molecule has 1 aliphatic carbocycles. The van der Waals surface area contributed by atoms with Crippen molar-refractivity contribution < 1.29 is 14.4 Å². The Labute approximate surface area is 105 Å². The Hall–Kier alpha value is -1.82. The highest BCUT2D eigenvalue weighted by molar-refractivity contribution is 5.59. The van der Waals surface area contributed by atoms with Gasteiger partial charge in [-0.15, -0.1) is 0 Å². The first-order chi connectivity index (χ1) is 8.56. The molecule has 0 unspecified atom stereocenters. The van der Waals surface area contributed by atoms with Gasteiger partial charge in [0.2, 0.25) is 5.75 Å². The van der Waals surface area contributed by atoms with E-state index in [0.29, 0.717) is 5.75 Å². The van der Waals surface area contributed by atoms with E-state index in [1.807, 2.05) is 0 Å². The molecule has 0 aliphatic heterocycles. The molecule has 1 saturated carbocycles. The zero-order valence-electron chi connectivity index (χ0n) is 10.4. The smallest absolute Gasteiger partial charge is 0.315 e. The van der Waals surface area contributed by atoms with Crippen molar-refractivity contribution in [2.24, 2.45) is 5.73 Å². The van der Waals surface area contributed by atoms with Gasteiger partial charge in [0, 0.05) is 12.1 Å². The molecule has 6 nitrogen and oxygen atoms in total. The standard InChI is InChI=1S/C12H16N2O4/c1-17-11-6-8(7-3-9(13)4-7)5-10(14(15)16)12(11)18-2/h5-7,9H,3-4,13H2,1-2H3. The molecular weight excluding hydrogens is 236 g/mol. The number of nitrogens with two attached hydrogens (primary N) is 1. The van der Waals surface area contributed by atoms with E-state index >= 15 is 0 Å². The minimum absolute atomic E-state index is 0.0627. The highest BCUT2D eigenvalue weighted by Gasteiger charge is 2.31. The van der Waals surface area contributed by atoms with Crippen molar-refractivity contribution in [3.63, 3.8) is 0 Å². The number of hydrogen-bond acceptors (Lipinski definition) is 5. The van der Waals surface area contributed by atoms with Gasteiger partial charge in [0.15, 0.2) is 5.75 Å². The van der Waals surface area contributed by atoms with Gasteiger partial charge in [-0.1, -0.05) is 0 Å². The summed E-state index contributed by atoms with van der Waals surface area (Å²) in [7, 11) is 2.86. The molecule has 1 aromatic rings. The molecule has 0 heterocycles. The number of benzene rings is 1. The molecule has 0 aromatic heterocycles. The first kappa shape index (κ1) is 12.6. The lowest BCUT2D eigenvalue weighted by atomic mass is 9.76. The van der Waals surface area contributed by atoms with Crippen LogP contribution in [0.1, 0.15) is 24.3 Å². The number of nitro groups is 1. The SMILES string of the molecule is COc1cc(C2CC(N)C2)cc([N+](=O)[O-])c1OC. The predicted octanol–water partition coefficient (Wildman–Crippen LogP) is 1.82. The minimum Gasteiger partial charge on any atom is -0.493 e. The molecule has 0 bridgehead atoms. The van der Waals surface area contributed by atoms with Crippen molar-refractivity contribution in [1.82, 2.24) is 0 Å². The molecule has 1 fully saturated rings. The minimum atomic E-state index is -0.455. The number of nitro benzene ring substituents is 1. The van der Waals surface area contributed by atoms with E-state index in [0.717, 1.165) is 18.4 Å². The van der Waals surface area contributed by atoms with E-state index < -0.39 is 4.92 Å². The lowest BCUT2D eigenvalue weighted by Crippen LogP contribution is -2.34. The monoisotopic (exact) mass is 252 g/mol. The third-order valence-corrected chi connectivity index (χ3v) is 3.32. The molecule has 0 amide bonds. The van der Waals surface area contributed by atoms with Crippen LogP contribution in [0, 0.1) is 10.1 Å². The Morgan fingerprint density at radius 3 is 2.44 bits per heavy atom. The van der Waals surface area contributed by atoms with Gasteiger partial charge in [-0.05, 0) is 30.4 Å². The second kappa shape index (κ2) is 4.81. The van der Waals surface area contributed by atoms with Crippen molar-refractivity contribution in [3.8, 4) is 11.5 Å². The van der Waals surface area contributed by atoms with E-state index in [1.165, 1.54) is 14.2 Å². The lowest BCUT2D eigenvalue weighted by molar-refractivity contribution is -0.385. The molecule has 0 spiro atoms. The third-order valence-electron chi connectivity index (χ3n) is 3.32. The summed E-state index contributed by atoms with van der Waals surface area (Å²) in [6.07, 6.45) is 1.71. The summed E-state index contributed by atoms with van der Waals surface area (Å²) in [4.78, 5) is 10.6. The fourth-order valence-electron chi connectivity index (χ4n) is 2.27. The van der Waals surface area contributed by atoms with Gasteiger partial charge >= 0.3 is 5.69 Å². The number of nitrogens with zero attached hydrogens (tertiary/aromatic N) is 1. The Bertz CT molecular complexity index is 469. The highest BCUT2D eigenvalue weighted by Crippen LogP contribution is 2.44. The Morgan fingerprint density at radius 2 is 2.00 bits per heavy atom. The highest BCUT2D eigenvalue weighted by atomic mass is 16.6. The summed E-state index contributed by atoms with van der Waals surface area (Å²) in [5.41, 5.74) is 6.57. The predicted molar refractivity (Wildman–Crippen MR) is 66.2 cm³/mol. The average Bonchev–Trinajstić information content (AvgIpc) is 2.33. The molecule has 0 atom stereocenters.